The van der Waals surface area contributed by atoms with Gasteiger partial charge >= 0.3 is 0 Å². The van der Waals surface area contributed by atoms with Crippen molar-refractivity contribution in [3.8, 4) is 0 Å². The Bertz CT molecular complexity index is 515. The summed E-state index contributed by atoms with van der Waals surface area (Å²) in [5, 5.41) is 11.5. The lowest BCUT2D eigenvalue weighted by Gasteiger charge is -2.22. The lowest BCUT2D eigenvalue weighted by atomic mass is 10.1. The molecular formula is C14H18BrN3O2. The van der Waals surface area contributed by atoms with Gasteiger partial charge < -0.3 is 15.8 Å². The van der Waals surface area contributed by atoms with Gasteiger partial charge in [0.25, 0.3) is 0 Å². The fraction of sp³-hybridized carbons (Fsp3) is 0.429. The number of carbonyl (C=O) groups is 1. The number of hydrogen-bond donors (Lipinski definition) is 2. The lowest BCUT2D eigenvalue weighted by Crippen LogP contribution is -2.36. The van der Waals surface area contributed by atoms with E-state index in [4.69, 9.17) is 10.9 Å². The molecule has 1 fully saturated rings. The molecule has 108 valence electrons. The molecule has 1 aromatic rings. The Kier molecular flexibility index (Phi) is 5.00. The van der Waals surface area contributed by atoms with Gasteiger partial charge in [0.05, 0.1) is 6.42 Å². The molecule has 0 radical (unpaired) electrons. The molecule has 1 saturated carbocycles. The van der Waals surface area contributed by atoms with Crippen molar-refractivity contribution < 1.29 is 10.0 Å². The molecule has 2 rings (SSSR count). The monoisotopic (exact) mass is 339 g/mol. The molecule has 0 saturated heterocycles. The minimum atomic E-state index is 0.0938. The quantitative estimate of drug-likeness (QED) is 0.360. The molecule has 0 unspecified atom stereocenters. The Morgan fingerprint density at radius 1 is 1.50 bits per heavy atom. The van der Waals surface area contributed by atoms with E-state index in [0.717, 1.165) is 22.9 Å². The minimum Gasteiger partial charge on any atom is -0.409 e. The van der Waals surface area contributed by atoms with E-state index in [9.17, 15) is 4.79 Å². The van der Waals surface area contributed by atoms with Crippen LogP contribution in [0.1, 0.15) is 24.8 Å². The van der Waals surface area contributed by atoms with Gasteiger partial charge in [0.1, 0.15) is 5.84 Å². The third-order valence-electron chi connectivity index (χ3n) is 3.29. The van der Waals surface area contributed by atoms with E-state index < -0.39 is 0 Å². The fourth-order valence-corrected chi connectivity index (χ4v) is 2.55. The van der Waals surface area contributed by atoms with Crippen molar-refractivity contribution in [2.24, 2.45) is 10.9 Å². The zero-order valence-electron chi connectivity index (χ0n) is 11.1. The van der Waals surface area contributed by atoms with Crippen LogP contribution in [-0.4, -0.2) is 34.4 Å². The summed E-state index contributed by atoms with van der Waals surface area (Å²) in [5.41, 5.74) is 6.46. The van der Waals surface area contributed by atoms with Crippen molar-refractivity contribution in [2.45, 2.75) is 31.7 Å². The predicted octanol–water partition coefficient (Wildman–Crippen LogP) is 2.12. The first kappa shape index (κ1) is 14.8. The molecule has 0 heterocycles. The maximum absolute atomic E-state index is 12.4. The molecule has 0 aliphatic heterocycles. The van der Waals surface area contributed by atoms with Gasteiger partial charge in [0.15, 0.2) is 0 Å². The van der Waals surface area contributed by atoms with Gasteiger partial charge in [-0.1, -0.05) is 33.2 Å². The first-order chi connectivity index (χ1) is 9.60. The van der Waals surface area contributed by atoms with E-state index in [2.05, 4.69) is 21.1 Å². The lowest BCUT2D eigenvalue weighted by molar-refractivity contribution is -0.130. The van der Waals surface area contributed by atoms with Crippen molar-refractivity contribution in [1.82, 2.24) is 4.90 Å². The second kappa shape index (κ2) is 6.74. The summed E-state index contributed by atoms with van der Waals surface area (Å²) < 4.78 is 0.970. The zero-order valence-corrected chi connectivity index (χ0v) is 12.7. The van der Waals surface area contributed by atoms with Crippen LogP contribution in [0.15, 0.2) is 33.9 Å². The number of benzene rings is 1. The van der Waals surface area contributed by atoms with Gasteiger partial charge in [-0.15, -0.1) is 0 Å². The van der Waals surface area contributed by atoms with Crippen LogP contribution in [0.25, 0.3) is 0 Å². The Labute approximate surface area is 126 Å². The van der Waals surface area contributed by atoms with Gasteiger partial charge in [-0.2, -0.15) is 0 Å². The van der Waals surface area contributed by atoms with E-state index in [0.29, 0.717) is 25.4 Å². The van der Waals surface area contributed by atoms with Gasteiger partial charge in [-0.25, -0.2) is 0 Å². The van der Waals surface area contributed by atoms with Gasteiger partial charge in [-0.05, 0) is 30.5 Å². The number of nitrogens with zero attached hydrogens (tertiary/aromatic N) is 2. The molecule has 1 aliphatic carbocycles. The third-order valence-corrected chi connectivity index (χ3v) is 3.78. The van der Waals surface area contributed by atoms with Crippen LogP contribution in [0, 0.1) is 0 Å². The Balaban J connectivity index is 1.96. The summed E-state index contributed by atoms with van der Waals surface area (Å²) >= 11 is 3.40. The largest absolute Gasteiger partial charge is 0.409 e. The molecule has 1 aromatic carbocycles. The number of carbonyl (C=O) groups excluding carboxylic acids is 1. The van der Waals surface area contributed by atoms with Crippen LogP contribution in [0.4, 0.5) is 0 Å². The molecule has 20 heavy (non-hydrogen) atoms. The van der Waals surface area contributed by atoms with Crippen LogP contribution >= 0.6 is 15.9 Å². The minimum absolute atomic E-state index is 0.0938. The maximum Gasteiger partial charge on any atom is 0.227 e. The second-order valence-corrected chi connectivity index (χ2v) is 5.88. The highest BCUT2D eigenvalue weighted by Crippen LogP contribution is 2.27. The molecule has 0 bridgehead atoms. The summed E-state index contributed by atoms with van der Waals surface area (Å²) in [5.74, 6) is 0.252. The van der Waals surface area contributed by atoms with Gasteiger partial charge in [0, 0.05) is 23.5 Å². The number of nitrogens with two attached hydrogens (primary N) is 1. The van der Waals surface area contributed by atoms with Crippen LogP contribution in [0.3, 0.4) is 0 Å². The van der Waals surface area contributed by atoms with Crippen molar-refractivity contribution in [3.05, 3.63) is 34.3 Å². The highest BCUT2D eigenvalue weighted by atomic mass is 79.9. The molecule has 0 spiro atoms. The Morgan fingerprint density at radius 3 is 2.85 bits per heavy atom. The number of halogens is 1. The van der Waals surface area contributed by atoms with E-state index in [-0.39, 0.29) is 11.7 Å². The van der Waals surface area contributed by atoms with Gasteiger partial charge in [-0.3, -0.25) is 4.79 Å². The topological polar surface area (TPSA) is 78.9 Å². The van der Waals surface area contributed by atoms with Crippen molar-refractivity contribution in [3.63, 3.8) is 0 Å². The molecule has 3 N–H and O–H groups in total. The summed E-state index contributed by atoms with van der Waals surface area (Å²) in [6.07, 6.45) is 2.87. The molecule has 0 aromatic heterocycles. The molecule has 6 heteroatoms. The van der Waals surface area contributed by atoms with Crippen LogP contribution in [-0.2, 0) is 11.2 Å². The summed E-state index contributed by atoms with van der Waals surface area (Å²) in [6.45, 7) is 0.507. The van der Waals surface area contributed by atoms with E-state index in [1.807, 2.05) is 29.2 Å². The predicted molar refractivity (Wildman–Crippen MR) is 80.6 cm³/mol. The van der Waals surface area contributed by atoms with Crippen LogP contribution < -0.4 is 5.73 Å². The third kappa shape index (κ3) is 4.23. The molecule has 0 atom stereocenters. The summed E-state index contributed by atoms with van der Waals surface area (Å²) in [6, 6.07) is 8.07. The zero-order chi connectivity index (χ0) is 14.5. The molecule has 1 aliphatic rings. The Morgan fingerprint density at radius 2 is 2.25 bits per heavy atom. The average molecular weight is 340 g/mol. The number of amidine groups is 1. The van der Waals surface area contributed by atoms with Crippen molar-refractivity contribution in [1.29, 1.82) is 0 Å². The summed E-state index contributed by atoms with van der Waals surface area (Å²) in [7, 11) is 0. The number of oxime groups is 1. The van der Waals surface area contributed by atoms with E-state index >= 15 is 0 Å². The normalized spacial score (nSPS) is 15.2. The van der Waals surface area contributed by atoms with Gasteiger partial charge in [0.2, 0.25) is 5.91 Å². The number of hydrogen-bond acceptors (Lipinski definition) is 3. The summed E-state index contributed by atoms with van der Waals surface area (Å²) in [4.78, 5) is 14.2. The highest BCUT2D eigenvalue weighted by Gasteiger charge is 2.32. The first-order valence-corrected chi connectivity index (χ1v) is 7.39. The molecule has 5 nitrogen and oxygen atoms in total. The van der Waals surface area contributed by atoms with E-state index in [1.165, 1.54) is 0 Å². The standard InChI is InChI=1S/C14H18BrN3O2/c15-11-3-1-2-10(8-11)9-14(19)18(12-4-5-12)7-6-13(16)17-20/h1-3,8,12,20H,4-7,9H2,(H2,16,17). The first-order valence-electron chi connectivity index (χ1n) is 6.60. The maximum atomic E-state index is 12.4. The Hall–Kier alpha value is -1.56. The van der Waals surface area contributed by atoms with Crippen molar-refractivity contribution in [2.75, 3.05) is 6.54 Å². The highest BCUT2D eigenvalue weighted by molar-refractivity contribution is 9.10. The van der Waals surface area contributed by atoms with E-state index in [1.54, 1.807) is 0 Å². The molecule has 1 amide bonds. The van der Waals surface area contributed by atoms with Crippen LogP contribution in [0.2, 0.25) is 0 Å². The smallest absolute Gasteiger partial charge is 0.227 e. The fourth-order valence-electron chi connectivity index (χ4n) is 2.11. The average Bonchev–Trinajstić information content (AvgIpc) is 3.23. The molecular weight excluding hydrogens is 322 g/mol. The number of rotatable bonds is 6. The van der Waals surface area contributed by atoms with Crippen molar-refractivity contribution >= 4 is 27.7 Å². The second-order valence-electron chi connectivity index (χ2n) is 4.97. The SMILES string of the molecule is NC(CCN(C(=O)Cc1cccc(Br)c1)C1CC1)=NO. The van der Waals surface area contributed by atoms with Crippen LogP contribution in [0.5, 0.6) is 0 Å². The number of amides is 1.